The normalized spacial score (nSPS) is 32.4. The molecule has 2 saturated heterocycles. The summed E-state index contributed by atoms with van der Waals surface area (Å²) >= 11 is 0. The van der Waals surface area contributed by atoms with Gasteiger partial charge in [-0.05, 0) is 19.9 Å². The topological polar surface area (TPSA) is 86.4 Å². The Morgan fingerprint density at radius 2 is 2.25 bits per heavy atom. The first-order valence-corrected chi connectivity index (χ1v) is 8.22. The van der Waals surface area contributed by atoms with E-state index in [0.29, 0.717) is 13.2 Å². The molecule has 130 valence electrons. The number of fused-ring (bicyclic) bond motifs is 2. The summed E-state index contributed by atoms with van der Waals surface area (Å²) in [6, 6.07) is 1.38. The lowest BCUT2D eigenvalue weighted by atomic mass is 9.96. The fourth-order valence-electron chi connectivity index (χ4n) is 3.64. The summed E-state index contributed by atoms with van der Waals surface area (Å²) in [5, 5.41) is 18.9. The molecule has 2 aromatic rings. The molecular formula is C16H23N5O3. The number of aryl methyl sites for hydroxylation is 3. The number of hydrogen-bond donors (Lipinski definition) is 2. The summed E-state index contributed by atoms with van der Waals surface area (Å²) < 4.78 is 15.5. The first-order valence-electron chi connectivity index (χ1n) is 8.22. The molecule has 24 heavy (non-hydrogen) atoms. The maximum absolute atomic E-state index is 11.0. The highest BCUT2D eigenvalue weighted by molar-refractivity contribution is 5.11. The number of aliphatic hydroxyl groups excluding tert-OH is 1. The van der Waals surface area contributed by atoms with E-state index in [0.717, 1.165) is 17.2 Å². The third kappa shape index (κ3) is 2.55. The number of ether oxygens (including phenoxy) is 2. The van der Waals surface area contributed by atoms with E-state index in [1.165, 1.54) is 0 Å². The van der Waals surface area contributed by atoms with Crippen molar-refractivity contribution in [2.24, 2.45) is 7.05 Å². The van der Waals surface area contributed by atoms with Crippen LogP contribution in [0, 0.1) is 13.8 Å². The Morgan fingerprint density at radius 3 is 2.92 bits per heavy atom. The molecular weight excluding hydrogens is 310 g/mol. The summed E-state index contributed by atoms with van der Waals surface area (Å²) in [4.78, 5) is 4.31. The molecule has 2 aliphatic heterocycles. The Hall–Kier alpha value is -1.74. The molecule has 2 aliphatic rings. The van der Waals surface area contributed by atoms with Crippen molar-refractivity contribution in [1.82, 2.24) is 24.6 Å². The maximum Gasteiger partial charge on any atom is 0.183 e. The van der Waals surface area contributed by atoms with Crippen LogP contribution in [0.1, 0.15) is 23.3 Å². The zero-order valence-corrected chi connectivity index (χ0v) is 14.1. The third-order valence-electron chi connectivity index (χ3n) is 4.87. The van der Waals surface area contributed by atoms with Gasteiger partial charge in [0.15, 0.2) is 6.29 Å². The third-order valence-corrected chi connectivity index (χ3v) is 4.87. The Balaban J connectivity index is 1.56. The largest absolute Gasteiger partial charge is 0.389 e. The molecule has 2 fully saturated rings. The summed E-state index contributed by atoms with van der Waals surface area (Å²) in [7, 11) is 1.95. The van der Waals surface area contributed by atoms with E-state index < -0.39 is 12.4 Å². The predicted molar refractivity (Wildman–Crippen MR) is 85.2 cm³/mol. The van der Waals surface area contributed by atoms with Crippen LogP contribution in [-0.2, 0) is 23.1 Å². The lowest BCUT2D eigenvalue weighted by Gasteiger charge is -2.39. The van der Waals surface area contributed by atoms with Crippen LogP contribution >= 0.6 is 0 Å². The maximum atomic E-state index is 11.0. The molecule has 8 nitrogen and oxygen atoms in total. The number of nitrogens with one attached hydrogen (secondary N) is 1. The molecule has 4 rings (SSSR count). The van der Waals surface area contributed by atoms with E-state index in [2.05, 4.69) is 15.4 Å². The van der Waals surface area contributed by atoms with Gasteiger partial charge in [-0.25, -0.2) is 4.98 Å². The lowest BCUT2D eigenvalue weighted by molar-refractivity contribution is -0.168. The number of imidazole rings is 1. The molecule has 4 heterocycles. The summed E-state index contributed by atoms with van der Waals surface area (Å²) in [6.45, 7) is 4.94. The molecule has 2 N–H and O–H groups in total. The van der Waals surface area contributed by atoms with E-state index in [4.69, 9.17) is 9.47 Å². The molecule has 5 atom stereocenters. The molecule has 0 amide bonds. The van der Waals surface area contributed by atoms with E-state index in [1.807, 2.05) is 42.4 Å². The van der Waals surface area contributed by atoms with Gasteiger partial charge in [-0.3, -0.25) is 4.68 Å². The summed E-state index contributed by atoms with van der Waals surface area (Å²) in [5.41, 5.74) is 1.90. The minimum Gasteiger partial charge on any atom is -0.389 e. The van der Waals surface area contributed by atoms with Crippen molar-refractivity contribution in [3.05, 3.63) is 35.7 Å². The molecule has 2 bridgehead atoms. The van der Waals surface area contributed by atoms with Gasteiger partial charge in [0.25, 0.3) is 0 Å². The fourth-order valence-corrected chi connectivity index (χ4v) is 3.64. The van der Waals surface area contributed by atoms with Crippen LogP contribution < -0.4 is 5.32 Å². The van der Waals surface area contributed by atoms with Crippen LogP contribution in [0.15, 0.2) is 18.5 Å². The van der Waals surface area contributed by atoms with Crippen LogP contribution in [-0.4, -0.2) is 55.6 Å². The monoisotopic (exact) mass is 333 g/mol. The number of aliphatic hydroxyl groups is 1. The van der Waals surface area contributed by atoms with Gasteiger partial charge in [-0.2, -0.15) is 5.10 Å². The van der Waals surface area contributed by atoms with Gasteiger partial charge in [0.1, 0.15) is 18.0 Å². The second kappa shape index (κ2) is 5.96. The van der Waals surface area contributed by atoms with E-state index in [9.17, 15) is 5.11 Å². The van der Waals surface area contributed by atoms with Crippen molar-refractivity contribution in [2.75, 3.05) is 6.61 Å². The smallest absolute Gasteiger partial charge is 0.183 e. The predicted octanol–water partition coefficient (Wildman–Crippen LogP) is 0.0489. The van der Waals surface area contributed by atoms with Gasteiger partial charge in [-0.15, -0.1) is 0 Å². The molecule has 0 saturated carbocycles. The molecule has 0 radical (unpaired) electrons. The van der Waals surface area contributed by atoms with Gasteiger partial charge < -0.3 is 24.5 Å². The van der Waals surface area contributed by atoms with Crippen LogP contribution in [0.25, 0.3) is 0 Å². The number of rotatable bonds is 4. The average molecular weight is 333 g/mol. The zero-order valence-electron chi connectivity index (χ0n) is 14.1. The Labute approximate surface area is 140 Å². The Morgan fingerprint density at radius 1 is 1.42 bits per heavy atom. The Kier molecular flexibility index (Phi) is 3.92. The van der Waals surface area contributed by atoms with Crippen LogP contribution in [0.3, 0.4) is 0 Å². The van der Waals surface area contributed by atoms with Crippen molar-refractivity contribution >= 4 is 0 Å². The van der Waals surface area contributed by atoms with Crippen molar-refractivity contribution in [1.29, 1.82) is 0 Å². The first kappa shape index (κ1) is 15.8. The minimum absolute atomic E-state index is 0.168. The number of aromatic nitrogens is 4. The first-order chi connectivity index (χ1) is 11.5. The van der Waals surface area contributed by atoms with Gasteiger partial charge in [0.2, 0.25) is 0 Å². The zero-order chi connectivity index (χ0) is 16.8. The van der Waals surface area contributed by atoms with Crippen LogP contribution in [0.4, 0.5) is 0 Å². The lowest BCUT2D eigenvalue weighted by Crippen LogP contribution is -2.57. The van der Waals surface area contributed by atoms with E-state index in [-0.39, 0.29) is 18.2 Å². The highest BCUT2D eigenvalue weighted by Crippen LogP contribution is 2.36. The molecule has 0 aliphatic carbocycles. The Bertz CT molecular complexity index is 727. The second-order valence-corrected chi connectivity index (χ2v) is 6.59. The van der Waals surface area contributed by atoms with E-state index >= 15 is 0 Å². The fraction of sp³-hybridized carbons (Fsp3) is 0.625. The molecule has 0 unspecified atom stereocenters. The average Bonchev–Trinajstić information content (AvgIpc) is 3.22. The van der Waals surface area contributed by atoms with Crippen molar-refractivity contribution in [3.8, 4) is 0 Å². The van der Waals surface area contributed by atoms with Crippen molar-refractivity contribution in [2.45, 2.75) is 51.0 Å². The second-order valence-electron chi connectivity index (χ2n) is 6.59. The van der Waals surface area contributed by atoms with Gasteiger partial charge in [0.05, 0.1) is 31.0 Å². The standard InChI is InChI=1S/C16H23N5O3/c1-9-6-10(2)21(19-9)14-15(22)13(11-8-23-16(14)24-11)18-7-12-17-4-5-20(12)3/h4-6,11,13-16,18,22H,7-8H2,1-3H3/t11-,13-,14-,15+,16-/m1/s1. The van der Waals surface area contributed by atoms with Gasteiger partial charge >= 0.3 is 0 Å². The number of nitrogens with zero attached hydrogens (tertiary/aromatic N) is 4. The molecule has 8 heteroatoms. The van der Waals surface area contributed by atoms with Crippen molar-refractivity contribution < 1.29 is 14.6 Å². The van der Waals surface area contributed by atoms with Gasteiger partial charge in [-0.1, -0.05) is 0 Å². The van der Waals surface area contributed by atoms with Crippen LogP contribution in [0.2, 0.25) is 0 Å². The SMILES string of the molecule is Cc1cc(C)n([C@H]2[C@@H]3OC[C@@H](O3)[C@@H](NCc3nccn3C)[C@@H]2O)n1. The van der Waals surface area contributed by atoms with Crippen LogP contribution in [0.5, 0.6) is 0 Å². The molecule has 0 spiro atoms. The summed E-state index contributed by atoms with van der Waals surface area (Å²) in [5.74, 6) is 0.908. The quantitative estimate of drug-likeness (QED) is 0.822. The van der Waals surface area contributed by atoms with Gasteiger partial charge in [0, 0.05) is 25.1 Å². The molecule has 0 aromatic carbocycles. The number of hydrogen-bond acceptors (Lipinski definition) is 6. The highest BCUT2D eigenvalue weighted by atomic mass is 16.7. The molecule has 2 aromatic heterocycles. The minimum atomic E-state index is -0.658. The van der Waals surface area contributed by atoms with Crippen molar-refractivity contribution in [3.63, 3.8) is 0 Å². The van der Waals surface area contributed by atoms with E-state index in [1.54, 1.807) is 6.20 Å². The summed E-state index contributed by atoms with van der Waals surface area (Å²) in [6.07, 6.45) is 2.37. The highest BCUT2D eigenvalue weighted by Gasteiger charge is 2.51.